The van der Waals surface area contributed by atoms with E-state index in [2.05, 4.69) is 18.2 Å². The molecule has 0 N–H and O–H groups in total. The third kappa shape index (κ3) is 3.47. The minimum Gasteiger partial charge on any atom is -0.198 e. The van der Waals surface area contributed by atoms with Gasteiger partial charge in [-0.2, -0.15) is 15.8 Å². The predicted octanol–water partition coefficient (Wildman–Crippen LogP) is 3.68. The van der Waals surface area contributed by atoms with Gasteiger partial charge in [0.25, 0.3) is 0 Å². The zero-order chi connectivity index (χ0) is 12.6. The van der Waals surface area contributed by atoms with E-state index in [1.807, 2.05) is 0 Å². The Morgan fingerprint density at radius 2 is 1.29 bits per heavy atom. The molecule has 1 rings (SSSR count). The summed E-state index contributed by atoms with van der Waals surface area (Å²) < 4.78 is 0. The Kier molecular flexibility index (Phi) is 5.51. The van der Waals surface area contributed by atoms with Crippen molar-refractivity contribution in [3.63, 3.8) is 0 Å². The number of nitriles is 3. The van der Waals surface area contributed by atoms with Gasteiger partial charge in [0.15, 0.2) is 5.41 Å². The predicted molar refractivity (Wildman–Crippen MR) is 64.3 cm³/mol. The third-order valence-corrected chi connectivity index (χ3v) is 3.71. The van der Waals surface area contributed by atoms with Gasteiger partial charge in [0.1, 0.15) is 0 Å². The molecule has 0 bridgehead atoms. The van der Waals surface area contributed by atoms with Crippen molar-refractivity contribution < 1.29 is 0 Å². The highest BCUT2D eigenvalue weighted by Gasteiger charge is 2.39. The van der Waals surface area contributed by atoms with E-state index in [0.717, 1.165) is 25.7 Å². The maximum atomic E-state index is 9.27. The zero-order valence-electron chi connectivity index (χ0n) is 10.3. The van der Waals surface area contributed by atoms with Crippen LogP contribution in [0.5, 0.6) is 0 Å². The Balaban J connectivity index is 2.83. The monoisotopic (exact) mass is 229 g/mol. The molecule has 17 heavy (non-hydrogen) atoms. The molecule has 3 heteroatoms. The Bertz CT molecular complexity index is 339. The highest BCUT2D eigenvalue weighted by molar-refractivity contribution is 5.20. The molecule has 3 nitrogen and oxygen atoms in total. The van der Waals surface area contributed by atoms with Gasteiger partial charge in [-0.05, 0) is 12.8 Å². The van der Waals surface area contributed by atoms with Crippen molar-refractivity contribution in [2.24, 2.45) is 11.3 Å². The first kappa shape index (κ1) is 13.5. The fourth-order valence-corrected chi connectivity index (χ4v) is 2.52. The summed E-state index contributed by atoms with van der Waals surface area (Å²) in [6.45, 7) is 0. The lowest BCUT2D eigenvalue weighted by Crippen LogP contribution is -2.26. The van der Waals surface area contributed by atoms with Gasteiger partial charge in [0.2, 0.25) is 0 Å². The summed E-state index contributed by atoms with van der Waals surface area (Å²) in [4.78, 5) is 0. The Morgan fingerprint density at radius 1 is 0.765 bits per heavy atom. The van der Waals surface area contributed by atoms with E-state index >= 15 is 0 Å². The van der Waals surface area contributed by atoms with Crippen molar-refractivity contribution in [2.75, 3.05) is 0 Å². The SMILES string of the molecule is N#CC1CCCCCCCCCC1(C#N)C#N. The highest BCUT2D eigenvalue weighted by atomic mass is 14.5. The van der Waals surface area contributed by atoms with Crippen molar-refractivity contribution in [2.45, 2.75) is 57.8 Å². The van der Waals surface area contributed by atoms with Crippen LogP contribution in [-0.4, -0.2) is 0 Å². The summed E-state index contributed by atoms with van der Waals surface area (Å²) in [6, 6.07) is 6.43. The molecule has 90 valence electrons. The maximum Gasteiger partial charge on any atom is 0.159 e. The van der Waals surface area contributed by atoms with Crippen LogP contribution in [0.2, 0.25) is 0 Å². The number of hydrogen-bond donors (Lipinski definition) is 0. The van der Waals surface area contributed by atoms with Crippen LogP contribution in [0, 0.1) is 45.3 Å². The van der Waals surface area contributed by atoms with Crippen molar-refractivity contribution in [1.29, 1.82) is 15.8 Å². The van der Waals surface area contributed by atoms with Gasteiger partial charge in [-0.25, -0.2) is 0 Å². The minimum absolute atomic E-state index is 0.421. The average molecular weight is 229 g/mol. The molecule has 0 radical (unpaired) electrons. The van der Waals surface area contributed by atoms with Gasteiger partial charge in [-0.15, -0.1) is 0 Å². The molecule has 0 aromatic rings. The maximum absolute atomic E-state index is 9.27. The second-order valence-corrected chi connectivity index (χ2v) is 4.89. The van der Waals surface area contributed by atoms with Crippen LogP contribution < -0.4 is 0 Å². The van der Waals surface area contributed by atoms with Crippen LogP contribution >= 0.6 is 0 Å². The Labute approximate surface area is 104 Å². The van der Waals surface area contributed by atoms with Gasteiger partial charge in [-0.1, -0.05) is 44.9 Å². The third-order valence-electron chi connectivity index (χ3n) is 3.71. The molecule has 1 atom stereocenters. The lowest BCUT2D eigenvalue weighted by atomic mass is 9.72. The molecule has 0 spiro atoms. The first-order valence-corrected chi connectivity index (χ1v) is 6.51. The van der Waals surface area contributed by atoms with Gasteiger partial charge in [0, 0.05) is 0 Å². The molecule has 1 aliphatic carbocycles. The van der Waals surface area contributed by atoms with Crippen LogP contribution in [0.3, 0.4) is 0 Å². The second kappa shape index (κ2) is 6.93. The van der Waals surface area contributed by atoms with Crippen molar-refractivity contribution >= 4 is 0 Å². The van der Waals surface area contributed by atoms with Gasteiger partial charge in [-0.3, -0.25) is 0 Å². The normalized spacial score (nSPS) is 25.6. The number of hydrogen-bond acceptors (Lipinski definition) is 3. The molecule has 0 aromatic heterocycles. The molecule has 1 aliphatic rings. The van der Waals surface area contributed by atoms with E-state index in [0.29, 0.717) is 12.8 Å². The van der Waals surface area contributed by atoms with Gasteiger partial charge < -0.3 is 0 Å². The molecule has 1 fully saturated rings. The van der Waals surface area contributed by atoms with Gasteiger partial charge in [0.05, 0.1) is 24.1 Å². The lowest BCUT2D eigenvalue weighted by Gasteiger charge is -2.23. The summed E-state index contributed by atoms with van der Waals surface area (Å²) in [5, 5.41) is 27.7. The zero-order valence-corrected chi connectivity index (χ0v) is 10.3. The van der Waals surface area contributed by atoms with Crippen molar-refractivity contribution in [3.8, 4) is 18.2 Å². The molecule has 0 heterocycles. The van der Waals surface area contributed by atoms with E-state index in [1.165, 1.54) is 19.3 Å². The first-order valence-electron chi connectivity index (χ1n) is 6.51. The molecule has 0 aromatic carbocycles. The lowest BCUT2D eigenvalue weighted by molar-refractivity contribution is 0.327. The summed E-state index contributed by atoms with van der Waals surface area (Å²) >= 11 is 0. The van der Waals surface area contributed by atoms with Crippen LogP contribution in [0.4, 0.5) is 0 Å². The van der Waals surface area contributed by atoms with E-state index in [1.54, 1.807) is 0 Å². The van der Waals surface area contributed by atoms with Crippen LogP contribution in [0.25, 0.3) is 0 Å². The molecular weight excluding hydrogens is 210 g/mol. The van der Waals surface area contributed by atoms with E-state index in [4.69, 9.17) is 0 Å². The summed E-state index contributed by atoms with van der Waals surface area (Å²) in [5.41, 5.74) is -1.07. The Hall–Kier alpha value is -1.53. The smallest absolute Gasteiger partial charge is 0.159 e. The van der Waals surface area contributed by atoms with Crippen LogP contribution in [0.1, 0.15) is 57.8 Å². The summed E-state index contributed by atoms with van der Waals surface area (Å²) in [6.07, 6.45) is 8.92. The largest absolute Gasteiger partial charge is 0.198 e. The summed E-state index contributed by atoms with van der Waals surface area (Å²) in [7, 11) is 0. The van der Waals surface area contributed by atoms with E-state index in [9.17, 15) is 15.8 Å². The fraction of sp³-hybridized carbons (Fsp3) is 0.786. The second-order valence-electron chi connectivity index (χ2n) is 4.89. The highest BCUT2D eigenvalue weighted by Crippen LogP contribution is 2.36. The molecule has 1 saturated carbocycles. The minimum atomic E-state index is -1.07. The average Bonchev–Trinajstić information content (AvgIpc) is 2.41. The van der Waals surface area contributed by atoms with Crippen molar-refractivity contribution in [3.05, 3.63) is 0 Å². The summed E-state index contributed by atoms with van der Waals surface area (Å²) in [5.74, 6) is -0.421. The van der Waals surface area contributed by atoms with E-state index < -0.39 is 11.3 Å². The number of rotatable bonds is 0. The molecule has 1 unspecified atom stereocenters. The topological polar surface area (TPSA) is 71.4 Å². The number of nitrogens with zero attached hydrogens (tertiary/aromatic N) is 3. The fourth-order valence-electron chi connectivity index (χ4n) is 2.52. The quantitative estimate of drug-likeness (QED) is 0.636. The van der Waals surface area contributed by atoms with E-state index in [-0.39, 0.29) is 0 Å². The molecular formula is C14H19N3. The Morgan fingerprint density at radius 3 is 1.82 bits per heavy atom. The molecule has 0 saturated heterocycles. The van der Waals surface area contributed by atoms with Crippen LogP contribution in [0.15, 0.2) is 0 Å². The first-order chi connectivity index (χ1) is 8.29. The van der Waals surface area contributed by atoms with Crippen LogP contribution in [-0.2, 0) is 0 Å². The molecule has 0 aliphatic heterocycles. The van der Waals surface area contributed by atoms with Crippen molar-refractivity contribution in [1.82, 2.24) is 0 Å². The molecule has 0 amide bonds. The van der Waals surface area contributed by atoms with Gasteiger partial charge >= 0.3 is 0 Å². The standard InChI is InChI=1S/C14H19N3/c15-10-13-8-6-4-2-1-3-5-7-9-14(13,11-16)12-17/h13H,1-9H2.